The number of nitrogens with two attached hydrogens (primary N) is 1. The molecule has 2 N–H and O–H groups in total. The quantitative estimate of drug-likeness (QED) is 0.702. The second kappa shape index (κ2) is 3.23. The van der Waals surface area contributed by atoms with Crippen molar-refractivity contribution in [2.45, 2.75) is 13.3 Å². The summed E-state index contributed by atoms with van der Waals surface area (Å²) in [5, 5.41) is 0. The first-order valence-electron chi connectivity index (χ1n) is 3.52. The van der Waals surface area contributed by atoms with Gasteiger partial charge < -0.3 is 10.2 Å². The van der Waals surface area contributed by atoms with Gasteiger partial charge in [0.15, 0.2) is 0 Å². The molecule has 1 heterocycles. The van der Waals surface area contributed by atoms with Crippen LogP contribution in [-0.4, -0.2) is 5.91 Å². The third-order valence-corrected chi connectivity index (χ3v) is 1.57. The van der Waals surface area contributed by atoms with E-state index in [0.717, 1.165) is 5.76 Å². The van der Waals surface area contributed by atoms with Gasteiger partial charge >= 0.3 is 0 Å². The molecule has 1 aromatic rings. The van der Waals surface area contributed by atoms with Gasteiger partial charge in [-0.1, -0.05) is 6.92 Å². The van der Waals surface area contributed by atoms with E-state index < -0.39 is 0 Å². The van der Waals surface area contributed by atoms with Crippen molar-refractivity contribution in [2.24, 2.45) is 11.7 Å². The fourth-order valence-electron chi connectivity index (χ4n) is 0.831. The summed E-state index contributed by atoms with van der Waals surface area (Å²) < 4.78 is 5.05. The first-order chi connectivity index (χ1) is 5.20. The molecule has 0 aliphatic carbocycles. The van der Waals surface area contributed by atoms with E-state index in [9.17, 15) is 4.79 Å². The van der Waals surface area contributed by atoms with E-state index >= 15 is 0 Å². The lowest BCUT2D eigenvalue weighted by atomic mass is 10.1. The number of furan rings is 1. The van der Waals surface area contributed by atoms with Crippen LogP contribution in [0.25, 0.3) is 0 Å². The maximum Gasteiger partial charge on any atom is 0.220 e. The number of rotatable bonds is 3. The van der Waals surface area contributed by atoms with Crippen molar-refractivity contribution in [3.8, 4) is 0 Å². The zero-order valence-corrected chi connectivity index (χ0v) is 6.41. The summed E-state index contributed by atoms with van der Waals surface area (Å²) in [5.74, 6) is 0.360. The van der Waals surface area contributed by atoms with Gasteiger partial charge in [0, 0.05) is 12.3 Å². The number of amides is 1. The molecule has 11 heavy (non-hydrogen) atoms. The SMILES string of the molecule is CC(Cc1ccco1)C(N)=O. The van der Waals surface area contributed by atoms with Crippen molar-refractivity contribution >= 4 is 5.91 Å². The maximum atomic E-state index is 10.6. The van der Waals surface area contributed by atoms with E-state index in [4.69, 9.17) is 10.2 Å². The van der Waals surface area contributed by atoms with Gasteiger partial charge in [0.1, 0.15) is 5.76 Å². The molecule has 0 spiro atoms. The maximum absolute atomic E-state index is 10.6. The van der Waals surface area contributed by atoms with E-state index in [0.29, 0.717) is 6.42 Å². The molecule has 1 atom stereocenters. The number of primary amides is 1. The third kappa shape index (κ3) is 2.11. The largest absolute Gasteiger partial charge is 0.469 e. The van der Waals surface area contributed by atoms with Crippen LogP contribution in [-0.2, 0) is 11.2 Å². The van der Waals surface area contributed by atoms with Gasteiger partial charge in [-0.2, -0.15) is 0 Å². The second-order valence-electron chi connectivity index (χ2n) is 2.59. The Morgan fingerprint density at radius 3 is 3.00 bits per heavy atom. The number of carbonyl (C=O) groups excluding carboxylic acids is 1. The van der Waals surface area contributed by atoms with Crippen molar-refractivity contribution in [2.75, 3.05) is 0 Å². The molecule has 3 nitrogen and oxygen atoms in total. The molecular weight excluding hydrogens is 142 g/mol. The summed E-state index contributed by atoms with van der Waals surface area (Å²) in [6, 6.07) is 3.63. The highest BCUT2D eigenvalue weighted by molar-refractivity contribution is 5.76. The van der Waals surface area contributed by atoms with Gasteiger partial charge in [0.25, 0.3) is 0 Å². The Labute approximate surface area is 65.2 Å². The van der Waals surface area contributed by atoms with E-state index in [1.165, 1.54) is 0 Å². The number of carbonyl (C=O) groups is 1. The normalized spacial score (nSPS) is 12.8. The standard InChI is InChI=1S/C8H11NO2/c1-6(8(9)10)5-7-3-2-4-11-7/h2-4,6H,5H2,1H3,(H2,9,10). The van der Waals surface area contributed by atoms with Crippen LogP contribution < -0.4 is 5.73 Å². The average molecular weight is 153 g/mol. The number of hydrogen-bond donors (Lipinski definition) is 1. The fraction of sp³-hybridized carbons (Fsp3) is 0.375. The van der Waals surface area contributed by atoms with Gasteiger partial charge in [-0.05, 0) is 12.1 Å². The van der Waals surface area contributed by atoms with Crippen molar-refractivity contribution in [1.82, 2.24) is 0 Å². The molecule has 1 amide bonds. The van der Waals surface area contributed by atoms with Crippen LogP contribution >= 0.6 is 0 Å². The molecule has 0 aliphatic heterocycles. The van der Waals surface area contributed by atoms with Crippen LogP contribution in [0.4, 0.5) is 0 Å². The molecule has 1 rings (SSSR count). The van der Waals surface area contributed by atoms with Gasteiger partial charge in [0.05, 0.1) is 6.26 Å². The first-order valence-corrected chi connectivity index (χ1v) is 3.52. The molecule has 0 aliphatic rings. The van der Waals surface area contributed by atoms with E-state index in [1.807, 2.05) is 6.07 Å². The lowest BCUT2D eigenvalue weighted by Gasteiger charge is -2.02. The first kappa shape index (κ1) is 7.85. The predicted molar refractivity (Wildman–Crippen MR) is 40.8 cm³/mol. The van der Waals surface area contributed by atoms with Crippen LogP contribution in [0.5, 0.6) is 0 Å². The second-order valence-corrected chi connectivity index (χ2v) is 2.59. The predicted octanol–water partition coefficient (Wildman–Crippen LogP) is 0.944. The molecule has 60 valence electrons. The van der Waals surface area contributed by atoms with Crippen molar-refractivity contribution in [3.63, 3.8) is 0 Å². The monoisotopic (exact) mass is 153 g/mol. The van der Waals surface area contributed by atoms with Crippen LogP contribution in [0.1, 0.15) is 12.7 Å². The highest BCUT2D eigenvalue weighted by atomic mass is 16.3. The average Bonchev–Trinajstić information content (AvgIpc) is 2.39. The Kier molecular flexibility index (Phi) is 2.31. The molecular formula is C8H11NO2. The Morgan fingerprint density at radius 1 is 1.82 bits per heavy atom. The summed E-state index contributed by atoms with van der Waals surface area (Å²) in [6.07, 6.45) is 2.17. The summed E-state index contributed by atoms with van der Waals surface area (Å²) >= 11 is 0. The van der Waals surface area contributed by atoms with Crippen molar-refractivity contribution < 1.29 is 9.21 Å². The minimum Gasteiger partial charge on any atom is -0.469 e. The lowest BCUT2D eigenvalue weighted by molar-refractivity contribution is -0.121. The molecule has 1 unspecified atom stereocenters. The lowest BCUT2D eigenvalue weighted by Crippen LogP contribution is -2.22. The molecule has 3 heteroatoms. The third-order valence-electron chi connectivity index (χ3n) is 1.57. The fourth-order valence-corrected chi connectivity index (χ4v) is 0.831. The highest BCUT2D eigenvalue weighted by Gasteiger charge is 2.10. The van der Waals surface area contributed by atoms with Gasteiger partial charge in [-0.15, -0.1) is 0 Å². The van der Waals surface area contributed by atoms with Crippen molar-refractivity contribution in [3.05, 3.63) is 24.2 Å². The van der Waals surface area contributed by atoms with E-state index in [2.05, 4.69) is 0 Å². The summed E-state index contributed by atoms with van der Waals surface area (Å²) in [7, 11) is 0. The minimum atomic E-state index is -0.290. The molecule has 0 saturated carbocycles. The van der Waals surface area contributed by atoms with Gasteiger partial charge in [-0.25, -0.2) is 0 Å². The Hall–Kier alpha value is -1.25. The van der Waals surface area contributed by atoms with Crippen LogP contribution in [0.2, 0.25) is 0 Å². The van der Waals surface area contributed by atoms with Gasteiger partial charge in [0.2, 0.25) is 5.91 Å². The van der Waals surface area contributed by atoms with E-state index in [-0.39, 0.29) is 11.8 Å². The van der Waals surface area contributed by atoms with Crippen LogP contribution in [0, 0.1) is 5.92 Å². The molecule has 0 fully saturated rings. The van der Waals surface area contributed by atoms with Crippen LogP contribution in [0.3, 0.4) is 0 Å². The topological polar surface area (TPSA) is 56.2 Å². The summed E-state index contributed by atoms with van der Waals surface area (Å²) in [4.78, 5) is 10.6. The summed E-state index contributed by atoms with van der Waals surface area (Å²) in [6.45, 7) is 1.78. The zero-order valence-electron chi connectivity index (χ0n) is 6.41. The molecule has 0 aromatic carbocycles. The zero-order chi connectivity index (χ0) is 8.27. The molecule has 0 radical (unpaired) electrons. The molecule has 0 saturated heterocycles. The van der Waals surface area contributed by atoms with Crippen molar-refractivity contribution in [1.29, 1.82) is 0 Å². The van der Waals surface area contributed by atoms with E-state index in [1.54, 1.807) is 19.3 Å². The smallest absolute Gasteiger partial charge is 0.220 e. The molecule has 0 bridgehead atoms. The van der Waals surface area contributed by atoms with Gasteiger partial charge in [-0.3, -0.25) is 4.79 Å². The number of hydrogen-bond acceptors (Lipinski definition) is 2. The highest BCUT2D eigenvalue weighted by Crippen LogP contribution is 2.07. The minimum absolute atomic E-state index is 0.152. The Morgan fingerprint density at radius 2 is 2.55 bits per heavy atom. The summed E-state index contributed by atoms with van der Waals surface area (Å²) in [5.41, 5.74) is 5.07. The Balaban J connectivity index is 2.50. The Bertz CT molecular complexity index is 228. The molecule has 1 aromatic heterocycles. The van der Waals surface area contributed by atoms with Crippen LogP contribution in [0.15, 0.2) is 22.8 Å².